The number of ether oxygens (including phenoxy) is 1. The van der Waals surface area contributed by atoms with Crippen LogP contribution in [0.5, 0.6) is 0 Å². The van der Waals surface area contributed by atoms with E-state index in [0.29, 0.717) is 36.4 Å². The number of nitrogens with one attached hydrogen (secondary N) is 1. The fourth-order valence-corrected chi connectivity index (χ4v) is 5.46. The maximum atomic E-state index is 12.8. The van der Waals surface area contributed by atoms with Gasteiger partial charge in [0.15, 0.2) is 0 Å². The number of likely N-dealkylation sites (tertiary alicyclic amines) is 1. The van der Waals surface area contributed by atoms with E-state index in [2.05, 4.69) is 20.1 Å². The first-order valence-electron chi connectivity index (χ1n) is 11.0. The molecule has 3 fully saturated rings. The van der Waals surface area contributed by atoms with Crippen LogP contribution in [0, 0.1) is 11.8 Å². The van der Waals surface area contributed by atoms with Crippen molar-refractivity contribution in [3.05, 3.63) is 30.1 Å². The van der Waals surface area contributed by atoms with Gasteiger partial charge in [-0.3, -0.25) is 14.6 Å². The van der Waals surface area contributed by atoms with E-state index < -0.39 is 0 Å². The van der Waals surface area contributed by atoms with Crippen molar-refractivity contribution in [2.45, 2.75) is 44.7 Å². The molecule has 0 unspecified atom stereocenters. The third-order valence-electron chi connectivity index (χ3n) is 6.74. The Morgan fingerprint density at radius 2 is 2.07 bits per heavy atom. The van der Waals surface area contributed by atoms with E-state index in [-0.39, 0.29) is 17.9 Å². The zero-order valence-corrected chi connectivity index (χ0v) is 17.3. The molecule has 4 heterocycles. The largest absolute Gasteiger partial charge is 0.380 e. The predicted molar refractivity (Wildman–Crippen MR) is 109 cm³/mol. The van der Waals surface area contributed by atoms with Crippen LogP contribution >= 0.6 is 0 Å². The van der Waals surface area contributed by atoms with Gasteiger partial charge in [0, 0.05) is 63.2 Å². The molecule has 0 aliphatic carbocycles. The van der Waals surface area contributed by atoms with Crippen molar-refractivity contribution in [2.24, 2.45) is 11.8 Å². The summed E-state index contributed by atoms with van der Waals surface area (Å²) in [4.78, 5) is 34.0. The zero-order valence-electron chi connectivity index (χ0n) is 17.3. The van der Waals surface area contributed by atoms with Crippen LogP contribution in [-0.2, 0) is 9.53 Å². The highest BCUT2D eigenvalue weighted by Crippen LogP contribution is 2.41. The number of carbonyl (C=O) groups is 2. The maximum Gasteiger partial charge on any atom is 0.251 e. The normalized spacial score (nSPS) is 29.4. The van der Waals surface area contributed by atoms with Crippen LogP contribution < -0.4 is 5.32 Å². The number of fused-ring (bicyclic) bond motifs is 4. The van der Waals surface area contributed by atoms with Gasteiger partial charge in [0.1, 0.15) is 0 Å². The fraction of sp³-hybridized carbons (Fsp3) is 0.682. The van der Waals surface area contributed by atoms with Crippen molar-refractivity contribution in [3.63, 3.8) is 0 Å². The van der Waals surface area contributed by atoms with Gasteiger partial charge in [-0.15, -0.1) is 0 Å². The number of carbonyl (C=O) groups excluding carboxylic acids is 2. The Kier molecular flexibility index (Phi) is 6.45. The Morgan fingerprint density at radius 3 is 2.86 bits per heavy atom. The SMILES string of the molecule is CCOCCN1C[C@H]2C[C@@H](C1)[C@H](CNC(=O)c1ccncc1)N1C(=O)CCC[C@@H]21. The number of nitrogens with zero attached hydrogens (tertiary/aromatic N) is 3. The van der Waals surface area contributed by atoms with Crippen molar-refractivity contribution in [1.29, 1.82) is 0 Å². The molecule has 4 rings (SSSR count). The summed E-state index contributed by atoms with van der Waals surface area (Å²) in [5.74, 6) is 1.10. The van der Waals surface area contributed by atoms with Gasteiger partial charge in [0.2, 0.25) is 5.91 Å². The highest BCUT2D eigenvalue weighted by atomic mass is 16.5. The summed E-state index contributed by atoms with van der Waals surface area (Å²) in [6.45, 7) is 7.00. The number of pyridine rings is 1. The average molecular weight is 401 g/mol. The maximum absolute atomic E-state index is 12.8. The number of amides is 2. The first-order valence-corrected chi connectivity index (χ1v) is 11.0. The highest BCUT2D eigenvalue weighted by Gasteiger charge is 2.49. The van der Waals surface area contributed by atoms with Crippen LogP contribution in [-0.4, -0.2) is 78.1 Å². The lowest BCUT2D eigenvalue weighted by atomic mass is 9.72. The molecule has 1 N–H and O–H groups in total. The van der Waals surface area contributed by atoms with Gasteiger partial charge in [-0.1, -0.05) is 0 Å². The molecule has 4 atom stereocenters. The molecule has 7 nitrogen and oxygen atoms in total. The average Bonchev–Trinajstić information content (AvgIpc) is 2.75. The first-order chi connectivity index (χ1) is 14.2. The number of hydrogen-bond donors (Lipinski definition) is 1. The summed E-state index contributed by atoms with van der Waals surface area (Å²) in [6.07, 6.45) is 7.10. The van der Waals surface area contributed by atoms with Gasteiger partial charge >= 0.3 is 0 Å². The predicted octanol–water partition coefficient (Wildman–Crippen LogP) is 1.55. The second-order valence-corrected chi connectivity index (χ2v) is 8.49. The summed E-state index contributed by atoms with van der Waals surface area (Å²) < 4.78 is 5.57. The van der Waals surface area contributed by atoms with Gasteiger partial charge in [-0.2, -0.15) is 0 Å². The first kappa shape index (κ1) is 20.3. The summed E-state index contributed by atoms with van der Waals surface area (Å²) >= 11 is 0. The molecule has 0 radical (unpaired) electrons. The zero-order chi connectivity index (χ0) is 20.2. The smallest absolute Gasteiger partial charge is 0.251 e. The van der Waals surface area contributed by atoms with E-state index in [1.165, 1.54) is 0 Å². The van der Waals surface area contributed by atoms with E-state index in [0.717, 1.165) is 52.1 Å². The molecule has 3 aliphatic rings. The van der Waals surface area contributed by atoms with Crippen LogP contribution in [0.3, 0.4) is 0 Å². The molecule has 2 bridgehead atoms. The van der Waals surface area contributed by atoms with E-state index in [1.807, 2.05) is 6.92 Å². The fourth-order valence-electron chi connectivity index (χ4n) is 5.46. The van der Waals surface area contributed by atoms with Crippen molar-refractivity contribution in [3.8, 4) is 0 Å². The Morgan fingerprint density at radius 1 is 1.28 bits per heavy atom. The third-order valence-corrected chi connectivity index (χ3v) is 6.74. The number of rotatable bonds is 7. The van der Waals surface area contributed by atoms with E-state index in [1.54, 1.807) is 24.5 Å². The molecule has 3 aliphatic heterocycles. The Hall–Kier alpha value is -1.99. The highest BCUT2D eigenvalue weighted by molar-refractivity contribution is 5.94. The Labute approximate surface area is 172 Å². The Bertz CT molecular complexity index is 713. The topological polar surface area (TPSA) is 74.8 Å². The molecule has 0 spiro atoms. The number of aromatic nitrogens is 1. The molecular weight excluding hydrogens is 368 g/mol. The van der Waals surface area contributed by atoms with E-state index in [9.17, 15) is 9.59 Å². The number of piperidine rings is 3. The molecule has 3 saturated heterocycles. The van der Waals surface area contributed by atoms with Gasteiger partial charge in [-0.05, 0) is 50.2 Å². The van der Waals surface area contributed by atoms with Crippen molar-refractivity contribution < 1.29 is 14.3 Å². The monoisotopic (exact) mass is 400 g/mol. The van der Waals surface area contributed by atoms with Crippen LogP contribution in [0.15, 0.2) is 24.5 Å². The molecule has 1 aromatic heterocycles. The summed E-state index contributed by atoms with van der Waals surface area (Å²) in [5, 5.41) is 3.09. The Balaban J connectivity index is 1.47. The van der Waals surface area contributed by atoms with Crippen molar-refractivity contribution >= 4 is 11.8 Å². The lowest BCUT2D eigenvalue weighted by Gasteiger charge is -2.56. The van der Waals surface area contributed by atoms with Crippen LogP contribution in [0.25, 0.3) is 0 Å². The van der Waals surface area contributed by atoms with Gasteiger partial charge < -0.3 is 19.9 Å². The number of hydrogen-bond acceptors (Lipinski definition) is 5. The quantitative estimate of drug-likeness (QED) is 0.703. The van der Waals surface area contributed by atoms with Crippen LogP contribution in [0.1, 0.15) is 43.0 Å². The standard InChI is InChI=1S/C22H32N4O3/c1-2-29-11-10-25-14-17-12-18(15-25)20(26-19(17)4-3-5-21(26)27)13-24-22(28)16-6-8-23-9-7-16/h6-9,17-20H,2-5,10-15H2,1H3,(H,24,28)/t17-,18+,19+,20+/m1/s1. The molecule has 2 amide bonds. The second kappa shape index (κ2) is 9.22. The lowest BCUT2D eigenvalue weighted by molar-refractivity contribution is -0.152. The van der Waals surface area contributed by atoms with E-state index in [4.69, 9.17) is 4.74 Å². The van der Waals surface area contributed by atoms with Crippen LogP contribution in [0.4, 0.5) is 0 Å². The minimum Gasteiger partial charge on any atom is -0.380 e. The minimum absolute atomic E-state index is 0.0738. The summed E-state index contributed by atoms with van der Waals surface area (Å²) in [5.41, 5.74) is 0.609. The molecular formula is C22H32N4O3. The van der Waals surface area contributed by atoms with Crippen molar-refractivity contribution in [2.75, 3.05) is 39.4 Å². The van der Waals surface area contributed by atoms with Gasteiger partial charge in [-0.25, -0.2) is 0 Å². The van der Waals surface area contributed by atoms with Gasteiger partial charge in [0.25, 0.3) is 5.91 Å². The summed E-state index contributed by atoms with van der Waals surface area (Å²) in [7, 11) is 0. The molecule has 7 heteroatoms. The second-order valence-electron chi connectivity index (χ2n) is 8.49. The molecule has 1 aromatic rings. The third kappa shape index (κ3) is 4.46. The molecule has 0 saturated carbocycles. The summed E-state index contributed by atoms with van der Waals surface area (Å²) in [6, 6.07) is 3.82. The van der Waals surface area contributed by atoms with E-state index >= 15 is 0 Å². The molecule has 0 aromatic carbocycles. The lowest BCUT2D eigenvalue weighted by Crippen LogP contribution is -2.67. The van der Waals surface area contributed by atoms with Gasteiger partial charge in [0.05, 0.1) is 12.6 Å². The van der Waals surface area contributed by atoms with Crippen molar-refractivity contribution in [1.82, 2.24) is 20.1 Å². The molecule has 158 valence electrons. The minimum atomic E-state index is -0.0976. The molecule has 29 heavy (non-hydrogen) atoms. The van der Waals surface area contributed by atoms with Crippen LogP contribution in [0.2, 0.25) is 0 Å².